The Morgan fingerprint density at radius 3 is 2.23 bits per heavy atom. The minimum Gasteiger partial charge on any atom is -0.369 e. The summed E-state index contributed by atoms with van der Waals surface area (Å²) >= 11 is 5.96. The first-order valence-corrected chi connectivity index (χ1v) is 10.8. The maximum absolute atomic E-state index is 5.96. The van der Waals surface area contributed by atoms with E-state index in [0.29, 0.717) is 5.82 Å². The number of rotatable bonds is 11. The highest BCUT2D eigenvalue weighted by Gasteiger charge is 2.05. The number of hydrogen-bond donors (Lipinski definition) is 2. The highest BCUT2D eigenvalue weighted by molar-refractivity contribution is 6.30. The number of fused-ring (bicyclic) bond motifs is 1. The van der Waals surface area contributed by atoms with Crippen LogP contribution in [0.1, 0.15) is 49.9 Å². The van der Waals surface area contributed by atoms with Gasteiger partial charge in [0.2, 0.25) is 0 Å². The van der Waals surface area contributed by atoms with E-state index in [1.807, 2.05) is 54.6 Å². The van der Waals surface area contributed by atoms with Crippen molar-refractivity contribution in [1.29, 1.82) is 0 Å². The normalized spacial score (nSPS) is 10.6. The second-order valence-corrected chi connectivity index (χ2v) is 7.61. The van der Waals surface area contributed by atoms with Crippen LogP contribution < -0.4 is 11.1 Å². The van der Waals surface area contributed by atoms with E-state index in [-0.39, 0.29) is 24.8 Å². The van der Waals surface area contributed by atoms with Crippen LogP contribution in [0.4, 0.5) is 5.82 Å². The molecule has 0 aliphatic carbocycles. The SMILES string of the molecule is Cl.Cl.NCCCCCCCCNc1nc(/C=C/c2ccc(Cl)cc2)nc2ccccc12. The Morgan fingerprint density at radius 2 is 1.48 bits per heavy atom. The second-order valence-electron chi connectivity index (χ2n) is 7.17. The molecule has 0 bridgehead atoms. The van der Waals surface area contributed by atoms with Crippen LogP contribution in [0.5, 0.6) is 0 Å². The third-order valence-corrected chi connectivity index (χ3v) is 5.09. The number of para-hydroxylation sites is 1. The molecule has 0 atom stereocenters. The van der Waals surface area contributed by atoms with Gasteiger partial charge < -0.3 is 11.1 Å². The summed E-state index contributed by atoms with van der Waals surface area (Å²) in [5.74, 6) is 1.59. The minimum absolute atomic E-state index is 0. The molecule has 3 aromatic rings. The first kappa shape index (κ1) is 27.2. The van der Waals surface area contributed by atoms with E-state index in [9.17, 15) is 0 Å². The molecule has 7 heteroatoms. The zero-order chi connectivity index (χ0) is 20.3. The smallest absolute Gasteiger partial charge is 0.154 e. The quantitative estimate of drug-likeness (QED) is 0.289. The minimum atomic E-state index is 0. The van der Waals surface area contributed by atoms with E-state index in [4.69, 9.17) is 22.3 Å². The molecule has 0 fully saturated rings. The summed E-state index contributed by atoms with van der Waals surface area (Å²) < 4.78 is 0. The van der Waals surface area contributed by atoms with Crippen LogP contribution >= 0.6 is 36.4 Å². The number of hydrogen-bond acceptors (Lipinski definition) is 4. The first-order chi connectivity index (χ1) is 14.3. The fraction of sp³-hybridized carbons (Fsp3) is 0.333. The van der Waals surface area contributed by atoms with Gasteiger partial charge in [0.1, 0.15) is 5.82 Å². The maximum atomic E-state index is 5.96. The van der Waals surface area contributed by atoms with E-state index in [0.717, 1.165) is 53.2 Å². The Morgan fingerprint density at radius 1 is 0.806 bits per heavy atom. The van der Waals surface area contributed by atoms with Gasteiger partial charge in [-0.15, -0.1) is 24.8 Å². The molecule has 0 aliphatic heterocycles. The maximum Gasteiger partial charge on any atom is 0.154 e. The Labute approximate surface area is 202 Å². The van der Waals surface area contributed by atoms with Gasteiger partial charge in [0, 0.05) is 17.0 Å². The van der Waals surface area contributed by atoms with Crippen LogP contribution in [0, 0.1) is 0 Å². The van der Waals surface area contributed by atoms with E-state index >= 15 is 0 Å². The highest BCUT2D eigenvalue weighted by atomic mass is 35.5. The third kappa shape index (κ3) is 9.04. The van der Waals surface area contributed by atoms with Crippen molar-refractivity contribution in [3.63, 3.8) is 0 Å². The largest absolute Gasteiger partial charge is 0.369 e. The molecule has 31 heavy (non-hydrogen) atoms. The van der Waals surface area contributed by atoms with Gasteiger partial charge in [0.05, 0.1) is 5.52 Å². The van der Waals surface area contributed by atoms with Gasteiger partial charge in [-0.05, 0) is 55.3 Å². The lowest BCUT2D eigenvalue weighted by molar-refractivity contribution is 0.605. The van der Waals surface area contributed by atoms with Crippen molar-refractivity contribution >= 4 is 65.3 Å². The Bertz CT molecular complexity index is 930. The van der Waals surface area contributed by atoms with Crippen LogP contribution in [-0.2, 0) is 0 Å². The van der Waals surface area contributed by atoms with Crippen LogP contribution in [0.25, 0.3) is 23.1 Å². The highest BCUT2D eigenvalue weighted by Crippen LogP contribution is 2.21. The molecule has 2 aromatic carbocycles. The fourth-order valence-corrected chi connectivity index (χ4v) is 3.36. The molecule has 4 nitrogen and oxygen atoms in total. The van der Waals surface area contributed by atoms with Crippen LogP contribution in [0.3, 0.4) is 0 Å². The number of halogens is 3. The van der Waals surface area contributed by atoms with Gasteiger partial charge in [-0.1, -0.05) is 67.6 Å². The molecule has 3 rings (SSSR count). The zero-order valence-electron chi connectivity index (χ0n) is 17.6. The third-order valence-electron chi connectivity index (χ3n) is 4.84. The van der Waals surface area contributed by atoms with Crippen LogP contribution in [0.2, 0.25) is 5.02 Å². The van der Waals surface area contributed by atoms with E-state index in [2.05, 4.69) is 16.4 Å². The number of nitrogens with one attached hydrogen (secondary N) is 1. The fourth-order valence-electron chi connectivity index (χ4n) is 3.23. The van der Waals surface area contributed by atoms with Gasteiger partial charge >= 0.3 is 0 Å². The number of nitrogens with zero attached hydrogens (tertiary/aromatic N) is 2. The lowest BCUT2D eigenvalue weighted by atomic mass is 10.1. The molecular formula is C24H31Cl3N4. The summed E-state index contributed by atoms with van der Waals surface area (Å²) in [6, 6.07) is 15.8. The molecule has 168 valence electrons. The average molecular weight is 482 g/mol. The molecule has 1 heterocycles. The molecule has 0 aliphatic rings. The lowest BCUT2D eigenvalue weighted by Crippen LogP contribution is -2.06. The van der Waals surface area contributed by atoms with Crippen LogP contribution in [-0.4, -0.2) is 23.1 Å². The molecule has 0 spiro atoms. The number of aromatic nitrogens is 2. The van der Waals surface area contributed by atoms with Crippen LogP contribution in [0.15, 0.2) is 48.5 Å². The summed E-state index contributed by atoms with van der Waals surface area (Å²) in [4.78, 5) is 9.42. The standard InChI is InChI=1S/C24H29ClN4.2ClH/c25-20-14-11-19(12-15-20)13-16-23-28-22-10-6-5-9-21(22)24(29-23)27-18-8-4-2-1-3-7-17-26;;/h5-6,9-16H,1-4,7-8,17-18,26H2,(H,27,28,29);2*1H/b16-13+;;. The lowest BCUT2D eigenvalue weighted by Gasteiger charge is -2.10. The topological polar surface area (TPSA) is 63.8 Å². The van der Waals surface area contributed by atoms with E-state index in [1.165, 1.54) is 25.7 Å². The Kier molecular flexibility index (Phi) is 13.2. The number of benzene rings is 2. The van der Waals surface area contributed by atoms with Crippen molar-refractivity contribution in [3.05, 3.63) is 64.9 Å². The number of nitrogens with two attached hydrogens (primary N) is 1. The summed E-state index contributed by atoms with van der Waals surface area (Å²) in [6.07, 6.45) is 11.2. The molecule has 0 saturated carbocycles. The first-order valence-electron chi connectivity index (χ1n) is 10.4. The molecule has 3 N–H and O–H groups in total. The van der Waals surface area contributed by atoms with E-state index in [1.54, 1.807) is 0 Å². The van der Waals surface area contributed by atoms with Crippen molar-refractivity contribution in [2.45, 2.75) is 38.5 Å². The summed E-state index contributed by atoms with van der Waals surface area (Å²) in [5.41, 5.74) is 7.55. The molecule has 1 aromatic heterocycles. The van der Waals surface area contributed by atoms with Crippen molar-refractivity contribution in [3.8, 4) is 0 Å². The van der Waals surface area contributed by atoms with E-state index < -0.39 is 0 Å². The predicted molar refractivity (Wildman–Crippen MR) is 140 cm³/mol. The van der Waals surface area contributed by atoms with Crippen molar-refractivity contribution in [2.24, 2.45) is 5.73 Å². The molecule has 0 radical (unpaired) electrons. The monoisotopic (exact) mass is 480 g/mol. The van der Waals surface area contributed by atoms with Crippen molar-refractivity contribution in [2.75, 3.05) is 18.4 Å². The molecular weight excluding hydrogens is 451 g/mol. The van der Waals surface area contributed by atoms with Crippen molar-refractivity contribution < 1.29 is 0 Å². The van der Waals surface area contributed by atoms with Gasteiger partial charge in [0.15, 0.2) is 5.82 Å². The van der Waals surface area contributed by atoms with Gasteiger partial charge in [-0.2, -0.15) is 0 Å². The average Bonchev–Trinajstić information content (AvgIpc) is 2.75. The molecule has 0 saturated heterocycles. The second kappa shape index (κ2) is 15.0. The molecule has 0 unspecified atom stereocenters. The van der Waals surface area contributed by atoms with Gasteiger partial charge in [-0.3, -0.25) is 0 Å². The summed E-state index contributed by atoms with van der Waals surface area (Å²) in [5, 5.41) is 5.30. The summed E-state index contributed by atoms with van der Waals surface area (Å²) in [6.45, 7) is 1.72. The van der Waals surface area contributed by atoms with Crippen molar-refractivity contribution in [1.82, 2.24) is 9.97 Å². The summed E-state index contributed by atoms with van der Waals surface area (Å²) in [7, 11) is 0. The van der Waals surface area contributed by atoms with Gasteiger partial charge in [-0.25, -0.2) is 9.97 Å². The Balaban J connectivity index is 0.00000240. The Hall–Kier alpha value is -1.85. The number of unbranched alkanes of at least 4 members (excludes halogenated alkanes) is 5. The predicted octanol–water partition coefficient (Wildman–Crippen LogP) is 7.01. The zero-order valence-corrected chi connectivity index (χ0v) is 20.0. The van der Waals surface area contributed by atoms with Gasteiger partial charge in [0.25, 0.3) is 0 Å². The number of anilines is 1. The molecule has 0 amide bonds.